The Morgan fingerprint density at radius 1 is 1.11 bits per heavy atom. The number of hydrogen-bond acceptors (Lipinski definition) is 3. The summed E-state index contributed by atoms with van der Waals surface area (Å²) in [6, 6.07) is 17.7. The highest BCUT2D eigenvalue weighted by molar-refractivity contribution is 6.04. The fraction of sp³-hybridized carbons (Fsp3) is 0.273. The number of para-hydroxylation sites is 1. The normalized spacial score (nSPS) is 14.7. The van der Waals surface area contributed by atoms with Crippen molar-refractivity contribution in [3.05, 3.63) is 71.9 Å². The molecule has 0 saturated heterocycles. The quantitative estimate of drug-likeness (QED) is 0.680. The maximum absolute atomic E-state index is 12.8. The van der Waals surface area contributed by atoms with Crippen molar-refractivity contribution in [3.63, 3.8) is 0 Å². The smallest absolute Gasteiger partial charge is 0.340 e. The number of hydrogen-bond donors (Lipinski definition) is 1. The molecule has 1 aliphatic rings. The molecule has 4 rings (SSSR count). The van der Waals surface area contributed by atoms with Crippen LogP contribution in [-0.2, 0) is 16.1 Å². The van der Waals surface area contributed by atoms with Gasteiger partial charge in [-0.2, -0.15) is 0 Å². The lowest BCUT2D eigenvalue weighted by atomic mass is 10.0. The van der Waals surface area contributed by atoms with E-state index in [1.54, 1.807) is 6.20 Å². The topological polar surface area (TPSA) is 60.3 Å². The second kappa shape index (κ2) is 7.27. The number of rotatable bonds is 6. The molecule has 2 aromatic carbocycles. The molecule has 1 atom stereocenters. The molecule has 1 fully saturated rings. The van der Waals surface area contributed by atoms with Gasteiger partial charge in [-0.25, -0.2) is 4.79 Å². The lowest BCUT2D eigenvalue weighted by Crippen LogP contribution is -2.32. The maximum Gasteiger partial charge on any atom is 0.340 e. The molecule has 138 valence electrons. The second-order valence-corrected chi connectivity index (χ2v) is 6.97. The third-order valence-corrected chi connectivity index (χ3v) is 5.08. The van der Waals surface area contributed by atoms with Crippen LogP contribution in [0.25, 0.3) is 10.9 Å². The van der Waals surface area contributed by atoms with Crippen LogP contribution < -0.4 is 5.32 Å². The van der Waals surface area contributed by atoms with E-state index in [2.05, 4.69) is 17.4 Å². The molecule has 5 heteroatoms. The van der Waals surface area contributed by atoms with Crippen molar-refractivity contribution in [2.45, 2.75) is 25.4 Å². The minimum atomic E-state index is -0.398. The largest absolute Gasteiger partial charge is 0.465 e. The summed E-state index contributed by atoms with van der Waals surface area (Å²) in [5, 5.41) is 3.98. The molecular formula is C22H22N2O3. The molecule has 3 aromatic rings. The van der Waals surface area contributed by atoms with E-state index in [0.29, 0.717) is 11.5 Å². The summed E-state index contributed by atoms with van der Waals surface area (Å²) in [5.74, 6) is 0.0433. The Kier molecular flexibility index (Phi) is 4.67. The fourth-order valence-corrected chi connectivity index (χ4v) is 3.59. The first-order chi connectivity index (χ1) is 13.2. The van der Waals surface area contributed by atoms with Crippen molar-refractivity contribution in [1.29, 1.82) is 0 Å². The van der Waals surface area contributed by atoms with Crippen molar-refractivity contribution in [2.75, 3.05) is 7.11 Å². The van der Waals surface area contributed by atoms with Gasteiger partial charge in [0.25, 0.3) is 0 Å². The summed E-state index contributed by atoms with van der Waals surface area (Å²) >= 11 is 0. The summed E-state index contributed by atoms with van der Waals surface area (Å²) in [5.41, 5.74) is 2.46. The third-order valence-electron chi connectivity index (χ3n) is 5.08. The molecule has 0 bridgehead atoms. The zero-order chi connectivity index (χ0) is 18.8. The van der Waals surface area contributed by atoms with Crippen LogP contribution in [-0.4, -0.2) is 23.6 Å². The Bertz CT molecular complexity index is 974. The Balaban J connectivity index is 1.57. The lowest BCUT2D eigenvalue weighted by Gasteiger charge is -2.19. The van der Waals surface area contributed by atoms with E-state index in [9.17, 15) is 9.59 Å². The number of aromatic nitrogens is 1. The van der Waals surface area contributed by atoms with E-state index in [4.69, 9.17) is 4.74 Å². The molecule has 1 aromatic heterocycles. The van der Waals surface area contributed by atoms with Gasteiger partial charge in [-0.15, -0.1) is 0 Å². The van der Waals surface area contributed by atoms with Crippen molar-refractivity contribution < 1.29 is 14.3 Å². The number of ether oxygens (including phenoxy) is 1. The molecule has 0 radical (unpaired) electrons. The van der Waals surface area contributed by atoms with Crippen molar-refractivity contribution in [3.8, 4) is 0 Å². The summed E-state index contributed by atoms with van der Waals surface area (Å²) in [4.78, 5) is 24.8. The molecule has 0 aliphatic heterocycles. The molecule has 27 heavy (non-hydrogen) atoms. The van der Waals surface area contributed by atoms with Crippen LogP contribution in [0.1, 0.15) is 34.8 Å². The van der Waals surface area contributed by atoms with E-state index in [1.165, 1.54) is 7.11 Å². The zero-order valence-corrected chi connectivity index (χ0v) is 15.2. The fourth-order valence-electron chi connectivity index (χ4n) is 3.59. The Morgan fingerprint density at radius 2 is 1.81 bits per heavy atom. The predicted octanol–water partition coefficient (Wildman–Crippen LogP) is 3.70. The van der Waals surface area contributed by atoms with Gasteiger partial charge in [0.1, 0.15) is 6.54 Å². The third kappa shape index (κ3) is 3.58. The molecule has 1 heterocycles. The second-order valence-electron chi connectivity index (χ2n) is 6.97. The van der Waals surface area contributed by atoms with Crippen LogP contribution in [0, 0.1) is 5.92 Å². The van der Waals surface area contributed by atoms with Crippen molar-refractivity contribution in [2.24, 2.45) is 5.92 Å². The average molecular weight is 362 g/mol. The van der Waals surface area contributed by atoms with Gasteiger partial charge in [0.05, 0.1) is 18.7 Å². The van der Waals surface area contributed by atoms with Crippen LogP contribution in [0.4, 0.5) is 0 Å². The number of carbonyl (C=O) groups excluding carboxylic acids is 2. The number of nitrogens with one attached hydrogen (secondary N) is 1. The molecule has 1 saturated carbocycles. The van der Waals surface area contributed by atoms with Crippen LogP contribution in [0.15, 0.2) is 60.8 Å². The van der Waals surface area contributed by atoms with Crippen LogP contribution in [0.3, 0.4) is 0 Å². The molecule has 1 amide bonds. The Hall–Kier alpha value is -3.08. The van der Waals surface area contributed by atoms with E-state index in [1.807, 2.05) is 47.0 Å². The van der Waals surface area contributed by atoms with Gasteiger partial charge in [0.2, 0.25) is 5.91 Å². The van der Waals surface area contributed by atoms with E-state index in [0.717, 1.165) is 29.3 Å². The minimum absolute atomic E-state index is 0.0422. The van der Waals surface area contributed by atoms with Gasteiger partial charge in [-0.1, -0.05) is 48.5 Å². The number of nitrogens with zero attached hydrogens (tertiary/aromatic N) is 1. The first-order valence-corrected chi connectivity index (χ1v) is 9.18. The molecule has 1 N–H and O–H groups in total. The average Bonchev–Trinajstić information content (AvgIpc) is 3.49. The molecule has 1 unspecified atom stereocenters. The van der Waals surface area contributed by atoms with Gasteiger partial charge >= 0.3 is 5.97 Å². The molecular weight excluding hydrogens is 340 g/mol. The molecule has 1 aliphatic carbocycles. The number of carbonyl (C=O) groups is 2. The summed E-state index contributed by atoms with van der Waals surface area (Å²) < 4.78 is 6.68. The van der Waals surface area contributed by atoms with E-state index < -0.39 is 5.97 Å². The monoisotopic (exact) mass is 362 g/mol. The van der Waals surface area contributed by atoms with Crippen LogP contribution >= 0.6 is 0 Å². The summed E-state index contributed by atoms with van der Waals surface area (Å²) in [6.07, 6.45) is 3.97. The SMILES string of the molecule is COC(=O)c1cn(CC(=O)NC(c2ccccc2)C2CC2)c2ccccc12. The van der Waals surface area contributed by atoms with Crippen molar-refractivity contribution >= 4 is 22.8 Å². The van der Waals surface area contributed by atoms with Gasteiger partial charge in [0.15, 0.2) is 0 Å². The number of esters is 1. The highest BCUT2D eigenvalue weighted by atomic mass is 16.5. The van der Waals surface area contributed by atoms with E-state index in [-0.39, 0.29) is 18.5 Å². The number of benzene rings is 2. The minimum Gasteiger partial charge on any atom is -0.465 e. The highest BCUT2D eigenvalue weighted by Crippen LogP contribution is 2.40. The Labute approximate surface area is 157 Å². The van der Waals surface area contributed by atoms with Crippen molar-refractivity contribution in [1.82, 2.24) is 9.88 Å². The standard InChI is InChI=1S/C22H22N2O3/c1-27-22(26)18-13-24(19-10-6-5-9-17(18)19)14-20(25)23-21(16-11-12-16)15-7-3-2-4-8-15/h2-10,13,16,21H,11-12,14H2,1H3,(H,23,25). The van der Waals surface area contributed by atoms with E-state index >= 15 is 0 Å². The van der Waals surface area contributed by atoms with Crippen LogP contribution in [0.2, 0.25) is 0 Å². The number of methoxy groups -OCH3 is 1. The van der Waals surface area contributed by atoms with Gasteiger partial charge < -0.3 is 14.6 Å². The predicted molar refractivity (Wildman–Crippen MR) is 103 cm³/mol. The first-order valence-electron chi connectivity index (χ1n) is 9.18. The summed E-state index contributed by atoms with van der Waals surface area (Å²) in [6.45, 7) is 0.160. The molecule has 5 nitrogen and oxygen atoms in total. The van der Waals surface area contributed by atoms with Gasteiger partial charge in [0, 0.05) is 17.1 Å². The lowest BCUT2D eigenvalue weighted by molar-refractivity contribution is -0.122. The molecule has 0 spiro atoms. The Morgan fingerprint density at radius 3 is 2.52 bits per heavy atom. The zero-order valence-electron chi connectivity index (χ0n) is 15.2. The number of fused-ring (bicyclic) bond motifs is 1. The summed E-state index contributed by atoms with van der Waals surface area (Å²) in [7, 11) is 1.36. The van der Waals surface area contributed by atoms with Gasteiger partial charge in [-0.3, -0.25) is 4.79 Å². The maximum atomic E-state index is 12.8. The first kappa shape index (κ1) is 17.3. The number of amides is 1. The van der Waals surface area contributed by atoms with Gasteiger partial charge in [-0.05, 0) is 30.4 Å². The highest BCUT2D eigenvalue weighted by Gasteiger charge is 2.33. The van der Waals surface area contributed by atoms with Crippen LogP contribution in [0.5, 0.6) is 0 Å².